The average Bonchev–Trinajstić information content (AvgIpc) is 2.95. The highest BCUT2D eigenvalue weighted by molar-refractivity contribution is 5.97. The Morgan fingerprint density at radius 1 is 1.17 bits per heavy atom. The van der Waals surface area contributed by atoms with E-state index in [2.05, 4.69) is 24.8 Å². The summed E-state index contributed by atoms with van der Waals surface area (Å²) in [5.74, 6) is 0.312. The summed E-state index contributed by atoms with van der Waals surface area (Å²) in [5, 5.41) is 0. The van der Waals surface area contributed by atoms with Gasteiger partial charge in [-0.3, -0.25) is 4.79 Å². The number of carbonyl (C=O) groups excluding carboxylic acids is 1. The summed E-state index contributed by atoms with van der Waals surface area (Å²) < 4.78 is 0. The lowest BCUT2D eigenvalue weighted by Gasteiger charge is -2.33. The quantitative estimate of drug-likeness (QED) is 0.678. The van der Waals surface area contributed by atoms with Crippen molar-refractivity contribution in [3.05, 3.63) is 46.7 Å². The molecular formula is C21H29NO. The number of rotatable bonds is 6. The van der Waals surface area contributed by atoms with E-state index in [0.717, 1.165) is 18.4 Å². The first kappa shape index (κ1) is 16.3. The zero-order chi connectivity index (χ0) is 16.2. The third-order valence-corrected chi connectivity index (χ3v) is 5.55. The molecule has 0 aromatic heterocycles. The van der Waals surface area contributed by atoms with E-state index >= 15 is 0 Å². The van der Waals surface area contributed by atoms with Gasteiger partial charge in [-0.1, -0.05) is 36.8 Å². The lowest BCUT2D eigenvalue weighted by molar-refractivity contribution is 0.0978. The number of carbonyl (C=O) groups is 1. The molecule has 1 saturated heterocycles. The Morgan fingerprint density at radius 2 is 1.96 bits per heavy atom. The van der Waals surface area contributed by atoms with Crippen molar-refractivity contribution in [2.75, 3.05) is 6.54 Å². The van der Waals surface area contributed by atoms with E-state index in [9.17, 15) is 4.79 Å². The highest BCUT2D eigenvalue weighted by Crippen LogP contribution is 2.36. The van der Waals surface area contributed by atoms with E-state index in [1.807, 2.05) is 18.2 Å². The van der Waals surface area contributed by atoms with Crippen LogP contribution in [0.5, 0.6) is 0 Å². The maximum Gasteiger partial charge on any atom is 0.163 e. The Balaban J connectivity index is 1.71. The summed E-state index contributed by atoms with van der Waals surface area (Å²) in [5.41, 5.74) is 5.24. The van der Waals surface area contributed by atoms with Gasteiger partial charge in [-0.25, -0.2) is 0 Å². The molecule has 1 aromatic rings. The molecule has 2 aliphatic rings. The monoisotopic (exact) mass is 311 g/mol. The number of aryl methyl sites for hydroxylation is 1. The molecule has 1 heterocycles. The fourth-order valence-electron chi connectivity index (χ4n) is 3.97. The largest absolute Gasteiger partial charge is 0.372 e. The molecule has 2 fully saturated rings. The minimum absolute atomic E-state index is 0.312. The van der Waals surface area contributed by atoms with E-state index in [4.69, 9.17) is 0 Å². The highest BCUT2D eigenvalue weighted by Gasteiger charge is 2.27. The van der Waals surface area contributed by atoms with Gasteiger partial charge in [-0.15, -0.1) is 0 Å². The lowest BCUT2D eigenvalue weighted by atomic mass is 9.87. The number of nitrogens with zero attached hydrogens (tertiary/aromatic N) is 1. The van der Waals surface area contributed by atoms with Crippen molar-refractivity contribution in [2.24, 2.45) is 0 Å². The summed E-state index contributed by atoms with van der Waals surface area (Å²) in [7, 11) is 0. The van der Waals surface area contributed by atoms with Crippen LogP contribution >= 0.6 is 0 Å². The Morgan fingerprint density at radius 3 is 2.57 bits per heavy atom. The summed E-state index contributed by atoms with van der Waals surface area (Å²) in [4.78, 5) is 15.3. The fourth-order valence-corrected chi connectivity index (χ4v) is 3.97. The Labute approximate surface area is 140 Å². The summed E-state index contributed by atoms with van der Waals surface area (Å²) in [6, 6.07) is 8.75. The van der Waals surface area contributed by atoms with Crippen LogP contribution in [-0.4, -0.2) is 23.3 Å². The van der Waals surface area contributed by atoms with Crippen molar-refractivity contribution in [2.45, 2.75) is 71.3 Å². The van der Waals surface area contributed by atoms with Crippen LogP contribution in [0.15, 0.2) is 35.5 Å². The molecule has 1 unspecified atom stereocenters. The van der Waals surface area contributed by atoms with Crippen LogP contribution in [-0.2, 0) is 6.42 Å². The molecule has 0 amide bonds. The molecule has 1 aliphatic heterocycles. The van der Waals surface area contributed by atoms with Crippen LogP contribution in [0.2, 0.25) is 0 Å². The first-order valence-corrected chi connectivity index (χ1v) is 9.29. The Kier molecular flexibility index (Phi) is 5.20. The molecule has 0 radical (unpaired) electrons. The van der Waals surface area contributed by atoms with Crippen LogP contribution < -0.4 is 0 Å². The van der Waals surface area contributed by atoms with Crippen LogP contribution in [0.3, 0.4) is 0 Å². The topological polar surface area (TPSA) is 20.3 Å². The number of benzene rings is 1. The van der Waals surface area contributed by atoms with Crippen LogP contribution in [0.25, 0.3) is 0 Å². The Bertz CT molecular complexity index is 596. The molecule has 3 rings (SSSR count). The second-order valence-corrected chi connectivity index (χ2v) is 7.02. The number of hydrogen-bond acceptors (Lipinski definition) is 2. The van der Waals surface area contributed by atoms with E-state index in [-0.39, 0.29) is 0 Å². The molecular weight excluding hydrogens is 282 g/mol. The molecule has 2 heteroatoms. The minimum Gasteiger partial charge on any atom is -0.372 e. The molecule has 0 N–H and O–H groups in total. The number of likely N-dealkylation sites (tertiary alicyclic amines) is 1. The normalized spacial score (nSPS) is 20.5. The minimum atomic E-state index is 0.312. The Hall–Kier alpha value is -1.57. The second-order valence-electron chi connectivity index (χ2n) is 7.02. The maximum absolute atomic E-state index is 12.7. The van der Waals surface area contributed by atoms with Crippen LogP contribution in [0.1, 0.15) is 74.7 Å². The van der Waals surface area contributed by atoms with E-state index in [0.29, 0.717) is 18.2 Å². The molecule has 1 atom stereocenters. The van der Waals surface area contributed by atoms with Crippen molar-refractivity contribution in [3.63, 3.8) is 0 Å². The van der Waals surface area contributed by atoms with Gasteiger partial charge in [-0.2, -0.15) is 0 Å². The van der Waals surface area contributed by atoms with Gasteiger partial charge >= 0.3 is 0 Å². The first-order valence-electron chi connectivity index (χ1n) is 9.29. The summed E-state index contributed by atoms with van der Waals surface area (Å²) in [6.45, 7) is 5.64. The number of allylic oxidation sites excluding steroid dienone is 2. The van der Waals surface area contributed by atoms with Crippen molar-refractivity contribution < 1.29 is 4.79 Å². The van der Waals surface area contributed by atoms with Gasteiger partial charge in [-0.05, 0) is 57.4 Å². The smallest absolute Gasteiger partial charge is 0.163 e. The summed E-state index contributed by atoms with van der Waals surface area (Å²) >= 11 is 0. The third-order valence-electron chi connectivity index (χ3n) is 5.55. The SMILES string of the molecule is CCc1ccccc1C(=O)CCC(=C1CCC1)N1CCCC1C. The summed E-state index contributed by atoms with van der Waals surface area (Å²) in [6.07, 6.45) is 8.92. The molecule has 1 aromatic carbocycles. The standard InChI is InChI=1S/C21H29NO/c1-3-17-9-4-5-12-19(17)21(23)14-13-20(18-10-6-11-18)22-15-7-8-16(22)2/h4-5,9,12,16H,3,6-8,10-11,13-15H2,1-2H3. The van der Waals surface area contributed by atoms with Gasteiger partial charge in [0.25, 0.3) is 0 Å². The number of ketones is 1. The van der Waals surface area contributed by atoms with E-state index in [1.165, 1.54) is 49.9 Å². The number of hydrogen-bond donors (Lipinski definition) is 0. The van der Waals surface area contributed by atoms with Crippen LogP contribution in [0.4, 0.5) is 0 Å². The highest BCUT2D eigenvalue weighted by atomic mass is 16.1. The van der Waals surface area contributed by atoms with Crippen molar-refractivity contribution >= 4 is 5.78 Å². The van der Waals surface area contributed by atoms with Gasteiger partial charge in [0.1, 0.15) is 0 Å². The van der Waals surface area contributed by atoms with Crippen molar-refractivity contribution in [1.82, 2.24) is 4.90 Å². The van der Waals surface area contributed by atoms with Crippen molar-refractivity contribution in [3.8, 4) is 0 Å². The molecule has 23 heavy (non-hydrogen) atoms. The predicted octanol–water partition coefficient (Wildman–Crippen LogP) is 5.13. The lowest BCUT2D eigenvalue weighted by Crippen LogP contribution is -2.29. The predicted molar refractivity (Wildman–Crippen MR) is 95.7 cm³/mol. The third kappa shape index (κ3) is 3.52. The molecule has 2 nitrogen and oxygen atoms in total. The molecule has 0 spiro atoms. The van der Waals surface area contributed by atoms with Gasteiger partial charge in [0.15, 0.2) is 5.78 Å². The molecule has 1 aliphatic carbocycles. The average molecular weight is 311 g/mol. The molecule has 1 saturated carbocycles. The van der Waals surface area contributed by atoms with Gasteiger partial charge in [0.05, 0.1) is 0 Å². The first-order chi connectivity index (χ1) is 11.2. The van der Waals surface area contributed by atoms with Gasteiger partial charge in [0, 0.05) is 30.3 Å². The fraction of sp³-hybridized carbons (Fsp3) is 0.571. The van der Waals surface area contributed by atoms with Gasteiger partial charge in [0.2, 0.25) is 0 Å². The zero-order valence-electron chi connectivity index (χ0n) is 14.6. The maximum atomic E-state index is 12.7. The number of Topliss-reactive ketones (excluding diaryl/α,β-unsaturated/α-hetero) is 1. The van der Waals surface area contributed by atoms with Gasteiger partial charge < -0.3 is 4.90 Å². The van der Waals surface area contributed by atoms with Crippen molar-refractivity contribution in [1.29, 1.82) is 0 Å². The molecule has 0 bridgehead atoms. The molecule has 124 valence electrons. The van der Waals surface area contributed by atoms with Crippen LogP contribution in [0, 0.1) is 0 Å². The van der Waals surface area contributed by atoms with E-state index in [1.54, 1.807) is 5.57 Å². The zero-order valence-corrected chi connectivity index (χ0v) is 14.6. The second kappa shape index (κ2) is 7.33. The van der Waals surface area contributed by atoms with E-state index < -0.39 is 0 Å².